The molecule has 0 bridgehead atoms. The summed E-state index contributed by atoms with van der Waals surface area (Å²) < 4.78 is 5.17. The SMILES string of the molecule is COc1ccc(C(C(=O)Nc2ccc(C(C)(C)C)cc2)N(C)C(=O)/C(O)=C/C=N)cc1. The number of aliphatic hydroxyl groups excluding tert-OH is 1. The lowest BCUT2D eigenvalue weighted by atomic mass is 9.87. The maximum atomic E-state index is 13.2. The summed E-state index contributed by atoms with van der Waals surface area (Å²) in [7, 11) is 2.96. The first kappa shape index (κ1) is 23.7. The van der Waals surface area contributed by atoms with Gasteiger partial charge in [0.25, 0.3) is 11.8 Å². The zero-order valence-corrected chi connectivity index (χ0v) is 18.5. The smallest absolute Gasteiger partial charge is 0.289 e. The Kier molecular flexibility index (Phi) is 7.58. The number of anilines is 1. The van der Waals surface area contributed by atoms with E-state index in [0.717, 1.165) is 22.8 Å². The molecule has 2 amide bonds. The predicted octanol–water partition coefficient (Wildman–Crippen LogP) is 4.22. The molecule has 0 saturated heterocycles. The lowest BCUT2D eigenvalue weighted by molar-refractivity contribution is -0.136. The van der Waals surface area contributed by atoms with Crippen LogP contribution in [-0.4, -0.2) is 42.2 Å². The first-order chi connectivity index (χ1) is 14.6. The number of allylic oxidation sites excluding steroid dienone is 1. The number of likely N-dealkylation sites (N-methyl/N-ethyl adjacent to an activating group) is 1. The lowest BCUT2D eigenvalue weighted by Crippen LogP contribution is -2.39. The third-order valence-electron chi connectivity index (χ3n) is 4.87. The Morgan fingerprint density at radius 3 is 2.16 bits per heavy atom. The van der Waals surface area contributed by atoms with Crippen molar-refractivity contribution in [1.29, 1.82) is 5.41 Å². The topological polar surface area (TPSA) is 103 Å². The van der Waals surface area contributed by atoms with Crippen LogP contribution in [0.5, 0.6) is 5.75 Å². The summed E-state index contributed by atoms with van der Waals surface area (Å²) in [5.74, 6) is -1.23. The number of aliphatic hydroxyl groups is 1. The van der Waals surface area contributed by atoms with Gasteiger partial charge < -0.3 is 25.5 Å². The second-order valence-corrected chi connectivity index (χ2v) is 8.13. The van der Waals surface area contributed by atoms with Crippen molar-refractivity contribution >= 4 is 23.7 Å². The van der Waals surface area contributed by atoms with Gasteiger partial charge in [0, 0.05) is 25.0 Å². The number of benzene rings is 2. The van der Waals surface area contributed by atoms with E-state index in [4.69, 9.17) is 10.1 Å². The zero-order valence-electron chi connectivity index (χ0n) is 18.5. The average molecular weight is 424 g/mol. The Morgan fingerprint density at radius 2 is 1.68 bits per heavy atom. The summed E-state index contributed by atoms with van der Waals surface area (Å²) >= 11 is 0. The van der Waals surface area contributed by atoms with Gasteiger partial charge in [-0.3, -0.25) is 9.59 Å². The summed E-state index contributed by atoms with van der Waals surface area (Å²) in [5, 5.41) is 19.8. The minimum Gasteiger partial charge on any atom is -0.503 e. The molecule has 0 saturated carbocycles. The summed E-state index contributed by atoms with van der Waals surface area (Å²) in [6.07, 6.45) is 1.77. The highest BCUT2D eigenvalue weighted by Crippen LogP contribution is 2.27. The Morgan fingerprint density at radius 1 is 1.10 bits per heavy atom. The normalized spacial score (nSPS) is 12.6. The minimum atomic E-state index is -1.01. The minimum absolute atomic E-state index is 0.0144. The van der Waals surface area contributed by atoms with Gasteiger partial charge in [-0.05, 0) is 40.8 Å². The number of hydrogen-bond donors (Lipinski definition) is 3. The van der Waals surface area contributed by atoms with E-state index in [0.29, 0.717) is 17.0 Å². The van der Waals surface area contributed by atoms with Crippen LogP contribution in [0.3, 0.4) is 0 Å². The molecule has 7 heteroatoms. The van der Waals surface area contributed by atoms with Crippen LogP contribution in [0.4, 0.5) is 5.69 Å². The third kappa shape index (κ3) is 5.94. The molecule has 0 aliphatic rings. The van der Waals surface area contributed by atoms with Crippen LogP contribution >= 0.6 is 0 Å². The molecule has 0 aromatic heterocycles. The molecule has 1 unspecified atom stereocenters. The van der Waals surface area contributed by atoms with Gasteiger partial charge in [-0.25, -0.2) is 0 Å². The van der Waals surface area contributed by atoms with Gasteiger partial charge in [0.05, 0.1) is 7.11 Å². The maximum Gasteiger partial charge on any atom is 0.289 e. The molecule has 7 nitrogen and oxygen atoms in total. The van der Waals surface area contributed by atoms with Crippen molar-refractivity contribution in [1.82, 2.24) is 4.90 Å². The van der Waals surface area contributed by atoms with Gasteiger partial charge >= 0.3 is 0 Å². The van der Waals surface area contributed by atoms with Crippen molar-refractivity contribution in [3.63, 3.8) is 0 Å². The van der Waals surface area contributed by atoms with Crippen LogP contribution in [0.2, 0.25) is 0 Å². The van der Waals surface area contributed by atoms with E-state index in [1.165, 1.54) is 14.2 Å². The number of carbonyl (C=O) groups excluding carboxylic acids is 2. The molecule has 31 heavy (non-hydrogen) atoms. The van der Waals surface area contributed by atoms with Gasteiger partial charge in [-0.1, -0.05) is 45.0 Å². The molecule has 0 aliphatic carbocycles. The third-order valence-corrected chi connectivity index (χ3v) is 4.87. The monoisotopic (exact) mass is 423 g/mol. The molecule has 2 aromatic rings. The van der Waals surface area contributed by atoms with E-state index >= 15 is 0 Å². The van der Waals surface area contributed by atoms with Crippen molar-refractivity contribution in [3.8, 4) is 5.75 Å². The van der Waals surface area contributed by atoms with Crippen molar-refractivity contribution in [2.45, 2.75) is 32.2 Å². The Hall–Kier alpha value is -3.61. The molecular formula is C24H29N3O4. The Labute approximate surface area is 182 Å². The molecule has 0 heterocycles. The van der Waals surface area contributed by atoms with Crippen LogP contribution in [0.1, 0.15) is 37.9 Å². The summed E-state index contributed by atoms with van der Waals surface area (Å²) in [5.41, 5.74) is 2.26. The fourth-order valence-corrected chi connectivity index (χ4v) is 3.05. The van der Waals surface area contributed by atoms with E-state index < -0.39 is 23.6 Å². The lowest BCUT2D eigenvalue weighted by Gasteiger charge is -2.27. The second-order valence-electron chi connectivity index (χ2n) is 8.13. The van der Waals surface area contributed by atoms with Crippen molar-refractivity contribution < 1.29 is 19.4 Å². The number of rotatable bonds is 7. The molecule has 2 aromatic carbocycles. The van der Waals surface area contributed by atoms with Crippen LogP contribution in [0.15, 0.2) is 60.4 Å². The number of nitrogens with zero attached hydrogens (tertiary/aromatic N) is 1. The highest BCUT2D eigenvalue weighted by atomic mass is 16.5. The molecule has 0 fully saturated rings. The molecule has 1 atom stereocenters. The molecule has 0 spiro atoms. The van der Waals surface area contributed by atoms with Crippen molar-refractivity contribution in [2.75, 3.05) is 19.5 Å². The molecule has 2 rings (SSSR count). The fourth-order valence-electron chi connectivity index (χ4n) is 3.05. The molecule has 0 aliphatic heterocycles. The molecule has 164 valence electrons. The van der Waals surface area contributed by atoms with Gasteiger partial charge in [0.15, 0.2) is 5.76 Å². The highest BCUT2D eigenvalue weighted by Gasteiger charge is 2.30. The summed E-state index contributed by atoms with van der Waals surface area (Å²) in [6.45, 7) is 6.32. The van der Waals surface area contributed by atoms with Crippen molar-refractivity contribution in [3.05, 3.63) is 71.5 Å². The van der Waals surface area contributed by atoms with Crippen LogP contribution in [-0.2, 0) is 15.0 Å². The second kappa shape index (κ2) is 9.93. The van der Waals surface area contributed by atoms with Crippen LogP contribution in [0, 0.1) is 5.41 Å². The van der Waals surface area contributed by atoms with Gasteiger partial charge in [-0.15, -0.1) is 0 Å². The number of amides is 2. The molecular weight excluding hydrogens is 394 g/mol. The zero-order chi connectivity index (χ0) is 23.2. The number of nitrogens with one attached hydrogen (secondary N) is 2. The Balaban J connectivity index is 2.36. The largest absolute Gasteiger partial charge is 0.503 e. The number of methoxy groups -OCH3 is 1. The van der Waals surface area contributed by atoms with Crippen LogP contribution < -0.4 is 10.1 Å². The van der Waals surface area contributed by atoms with Crippen LogP contribution in [0.25, 0.3) is 0 Å². The average Bonchev–Trinajstić information content (AvgIpc) is 2.73. The van der Waals surface area contributed by atoms with E-state index in [-0.39, 0.29) is 5.41 Å². The fraction of sp³-hybridized carbons (Fsp3) is 0.292. The van der Waals surface area contributed by atoms with Gasteiger partial charge in [-0.2, -0.15) is 0 Å². The maximum absolute atomic E-state index is 13.2. The first-order valence-electron chi connectivity index (χ1n) is 9.80. The standard InChI is InChI=1S/C24H29N3O4/c1-24(2,3)17-8-10-18(11-9-17)26-22(29)21(16-6-12-19(31-5)13-7-16)27(4)23(30)20(28)14-15-25/h6-15,21,25,28H,1-5H3,(H,26,29)/b20-14-,25-15?. The highest BCUT2D eigenvalue weighted by molar-refractivity contribution is 6.01. The molecule has 0 radical (unpaired) electrons. The number of ether oxygens (including phenoxy) is 1. The van der Waals surface area contributed by atoms with E-state index in [2.05, 4.69) is 26.1 Å². The quantitative estimate of drug-likeness (QED) is 0.352. The Bertz CT molecular complexity index is 958. The van der Waals surface area contributed by atoms with Gasteiger partial charge in [0.2, 0.25) is 0 Å². The summed E-state index contributed by atoms with van der Waals surface area (Å²) in [6, 6.07) is 13.3. The van der Waals surface area contributed by atoms with Crippen molar-refractivity contribution in [2.24, 2.45) is 0 Å². The van der Waals surface area contributed by atoms with E-state index in [1.807, 2.05) is 24.3 Å². The summed E-state index contributed by atoms with van der Waals surface area (Å²) in [4.78, 5) is 26.9. The predicted molar refractivity (Wildman–Crippen MR) is 122 cm³/mol. The van der Waals surface area contributed by atoms with E-state index in [9.17, 15) is 14.7 Å². The molecule has 3 N–H and O–H groups in total. The van der Waals surface area contributed by atoms with Gasteiger partial charge in [0.1, 0.15) is 11.8 Å². The number of carbonyl (C=O) groups is 2. The number of hydrogen-bond acceptors (Lipinski definition) is 5. The van der Waals surface area contributed by atoms with E-state index in [1.54, 1.807) is 24.3 Å². The first-order valence-corrected chi connectivity index (χ1v) is 9.80.